The first-order chi connectivity index (χ1) is 3.84. The van der Waals surface area contributed by atoms with Crippen LogP contribution in [0.1, 0.15) is 0 Å². The summed E-state index contributed by atoms with van der Waals surface area (Å²) in [5.74, 6) is 0.400. The van der Waals surface area contributed by atoms with Gasteiger partial charge in [0, 0.05) is 0 Å². The van der Waals surface area contributed by atoms with Crippen LogP contribution in [0.25, 0.3) is 0 Å². The lowest BCUT2D eigenvalue weighted by Crippen LogP contribution is -1.80. The fraction of sp³-hybridized carbons (Fsp3) is 0.333. The van der Waals surface area contributed by atoms with E-state index in [-0.39, 0.29) is 0 Å². The number of hydrogen-bond donors (Lipinski definition) is 0. The molecule has 0 atom stereocenters. The van der Waals surface area contributed by atoms with Crippen LogP contribution in [-0.4, -0.2) is 15.9 Å². The minimum absolute atomic E-state index is 0.331. The van der Waals surface area contributed by atoms with Crippen LogP contribution in [0.15, 0.2) is 0 Å². The Balaban J connectivity index is 2.92. The molecule has 0 aliphatic heterocycles. The maximum Gasteiger partial charge on any atom is 0.265 e. The zero-order valence-corrected chi connectivity index (χ0v) is 5.66. The highest BCUT2D eigenvalue weighted by Gasteiger charge is 2.01. The molecule has 0 saturated carbocycles. The van der Waals surface area contributed by atoms with E-state index < -0.39 is 0 Å². The fourth-order valence-corrected chi connectivity index (χ4v) is 0.979. The normalized spacial score (nSPS) is 9.25. The lowest BCUT2D eigenvalue weighted by Gasteiger charge is -1.86. The van der Waals surface area contributed by atoms with Gasteiger partial charge in [-0.15, -0.1) is 4.37 Å². The molecule has 1 aromatic heterocycles. The fourth-order valence-electron chi connectivity index (χ4n) is 0.292. The summed E-state index contributed by atoms with van der Waals surface area (Å²) in [6.45, 7) is 0. The molecule has 1 heterocycles. The summed E-state index contributed by atoms with van der Waals surface area (Å²) >= 11 is 6.49. The SMILES string of the molecule is COc1nsnc1Cl. The molecule has 5 heteroatoms. The van der Waals surface area contributed by atoms with E-state index in [1.54, 1.807) is 0 Å². The van der Waals surface area contributed by atoms with Crippen LogP contribution >= 0.6 is 23.3 Å². The molecule has 0 fully saturated rings. The number of ether oxygens (including phenoxy) is 1. The van der Waals surface area contributed by atoms with E-state index >= 15 is 0 Å². The van der Waals surface area contributed by atoms with Crippen LogP contribution in [0.2, 0.25) is 5.15 Å². The second-order valence-corrected chi connectivity index (χ2v) is 1.95. The molecule has 0 N–H and O–H groups in total. The van der Waals surface area contributed by atoms with E-state index in [2.05, 4.69) is 13.5 Å². The van der Waals surface area contributed by atoms with Gasteiger partial charge in [-0.3, -0.25) is 0 Å². The maximum atomic E-state index is 5.45. The van der Waals surface area contributed by atoms with Crippen molar-refractivity contribution in [3.8, 4) is 5.88 Å². The van der Waals surface area contributed by atoms with Crippen molar-refractivity contribution in [2.75, 3.05) is 7.11 Å². The highest BCUT2D eigenvalue weighted by molar-refractivity contribution is 6.99. The number of hydrogen-bond acceptors (Lipinski definition) is 4. The molecule has 0 amide bonds. The number of rotatable bonds is 1. The van der Waals surface area contributed by atoms with Gasteiger partial charge in [-0.1, -0.05) is 11.6 Å². The van der Waals surface area contributed by atoms with Crippen LogP contribution in [0.3, 0.4) is 0 Å². The van der Waals surface area contributed by atoms with E-state index in [4.69, 9.17) is 11.6 Å². The third-order valence-electron chi connectivity index (χ3n) is 0.615. The van der Waals surface area contributed by atoms with E-state index in [9.17, 15) is 0 Å². The minimum Gasteiger partial charge on any atom is -0.478 e. The predicted molar refractivity (Wildman–Crippen MR) is 31.5 cm³/mol. The Labute approximate surface area is 55.6 Å². The molecule has 0 saturated heterocycles. The number of halogens is 1. The second-order valence-electron chi connectivity index (χ2n) is 1.06. The predicted octanol–water partition coefficient (Wildman–Crippen LogP) is 1.20. The van der Waals surface area contributed by atoms with Crippen molar-refractivity contribution in [1.29, 1.82) is 0 Å². The van der Waals surface area contributed by atoms with Gasteiger partial charge in [0.25, 0.3) is 5.88 Å². The molecule has 0 aliphatic carbocycles. The van der Waals surface area contributed by atoms with Gasteiger partial charge in [-0.25, -0.2) is 0 Å². The first kappa shape index (κ1) is 5.78. The average molecular weight is 151 g/mol. The number of methoxy groups -OCH3 is 1. The summed E-state index contributed by atoms with van der Waals surface area (Å²) in [6, 6.07) is 0. The molecule has 0 aliphatic rings. The summed E-state index contributed by atoms with van der Waals surface area (Å²) in [4.78, 5) is 0. The molecule has 44 valence electrons. The van der Waals surface area contributed by atoms with E-state index in [1.807, 2.05) is 0 Å². The third-order valence-corrected chi connectivity index (χ3v) is 1.47. The van der Waals surface area contributed by atoms with E-state index in [0.717, 1.165) is 11.7 Å². The molecule has 1 rings (SSSR count). The van der Waals surface area contributed by atoms with Crippen molar-refractivity contribution in [3.63, 3.8) is 0 Å². The van der Waals surface area contributed by atoms with Crippen molar-refractivity contribution < 1.29 is 4.74 Å². The molecular weight excluding hydrogens is 148 g/mol. The Kier molecular flexibility index (Phi) is 1.65. The summed E-state index contributed by atoms with van der Waals surface area (Å²) in [6.07, 6.45) is 0. The van der Waals surface area contributed by atoms with Gasteiger partial charge in [0.2, 0.25) is 5.15 Å². The van der Waals surface area contributed by atoms with Crippen LogP contribution in [0.4, 0.5) is 0 Å². The lowest BCUT2D eigenvalue weighted by atomic mass is 10.8. The molecule has 0 aromatic carbocycles. The largest absolute Gasteiger partial charge is 0.478 e. The molecule has 0 unspecified atom stereocenters. The maximum absolute atomic E-state index is 5.45. The average Bonchev–Trinajstić information content (AvgIpc) is 2.14. The first-order valence-corrected chi connectivity index (χ1v) is 2.97. The molecule has 0 spiro atoms. The smallest absolute Gasteiger partial charge is 0.265 e. The zero-order valence-electron chi connectivity index (χ0n) is 4.09. The molecular formula is C3H3ClN2OS. The summed E-state index contributed by atoms with van der Waals surface area (Å²) in [7, 11) is 1.50. The second kappa shape index (κ2) is 2.28. The van der Waals surface area contributed by atoms with Crippen molar-refractivity contribution in [2.45, 2.75) is 0 Å². The number of aromatic nitrogens is 2. The van der Waals surface area contributed by atoms with Gasteiger partial charge < -0.3 is 4.74 Å². The Morgan fingerprint density at radius 2 is 2.38 bits per heavy atom. The standard InChI is InChI=1S/C3H3ClN2OS/c1-7-3-2(4)5-8-6-3/h1H3. The van der Waals surface area contributed by atoms with Crippen LogP contribution in [0, 0.1) is 0 Å². The Hall–Kier alpha value is -0.350. The molecule has 0 radical (unpaired) electrons. The first-order valence-electron chi connectivity index (χ1n) is 1.86. The molecule has 0 bridgehead atoms. The van der Waals surface area contributed by atoms with Crippen molar-refractivity contribution in [1.82, 2.24) is 8.75 Å². The zero-order chi connectivity index (χ0) is 5.98. The summed E-state index contributed by atoms with van der Waals surface area (Å²) in [5, 5.41) is 0.331. The summed E-state index contributed by atoms with van der Waals surface area (Å²) in [5.41, 5.74) is 0. The van der Waals surface area contributed by atoms with Crippen molar-refractivity contribution in [2.24, 2.45) is 0 Å². The van der Waals surface area contributed by atoms with Crippen LogP contribution in [0.5, 0.6) is 5.88 Å². The molecule has 8 heavy (non-hydrogen) atoms. The van der Waals surface area contributed by atoms with Crippen LogP contribution in [-0.2, 0) is 0 Å². The van der Waals surface area contributed by atoms with Gasteiger partial charge in [0.15, 0.2) is 0 Å². The molecule has 3 nitrogen and oxygen atoms in total. The highest BCUT2D eigenvalue weighted by atomic mass is 35.5. The van der Waals surface area contributed by atoms with Gasteiger partial charge in [-0.05, 0) is 0 Å². The van der Waals surface area contributed by atoms with Crippen molar-refractivity contribution in [3.05, 3.63) is 5.15 Å². The minimum atomic E-state index is 0.331. The van der Waals surface area contributed by atoms with E-state index in [1.165, 1.54) is 7.11 Å². The van der Waals surface area contributed by atoms with Gasteiger partial charge in [-0.2, -0.15) is 4.37 Å². The highest BCUT2D eigenvalue weighted by Crippen LogP contribution is 2.18. The lowest BCUT2D eigenvalue weighted by molar-refractivity contribution is 0.402. The topological polar surface area (TPSA) is 35.0 Å². The van der Waals surface area contributed by atoms with Crippen molar-refractivity contribution >= 4 is 23.3 Å². The monoisotopic (exact) mass is 150 g/mol. The Morgan fingerprint density at radius 3 is 2.62 bits per heavy atom. The van der Waals surface area contributed by atoms with Gasteiger partial charge >= 0.3 is 0 Å². The Bertz CT molecular complexity index is 178. The quantitative estimate of drug-likeness (QED) is 0.604. The molecule has 1 aromatic rings. The third kappa shape index (κ3) is 0.900. The van der Waals surface area contributed by atoms with Gasteiger partial charge in [0.05, 0.1) is 18.8 Å². The Morgan fingerprint density at radius 1 is 1.62 bits per heavy atom. The van der Waals surface area contributed by atoms with Gasteiger partial charge in [0.1, 0.15) is 0 Å². The van der Waals surface area contributed by atoms with E-state index in [0.29, 0.717) is 11.0 Å². The number of nitrogens with zero attached hydrogens (tertiary/aromatic N) is 2. The summed E-state index contributed by atoms with van der Waals surface area (Å²) < 4.78 is 12.1. The van der Waals surface area contributed by atoms with Crippen LogP contribution < -0.4 is 4.74 Å².